The molecule has 2 saturated heterocycles. The van der Waals surface area contributed by atoms with Crippen LogP contribution in [0.15, 0.2) is 6.33 Å². The van der Waals surface area contributed by atoms with Crippen molar-refractivity contribution in [1.82, 2.24) is 24.6 Å². The number of aliphatic hydroxyl groups excluding tert-OH is 1. The molecule has 2 aliphatic heterocycles. The number of carbonyl (C=O) groups is 1. The molecule has 34 heavy (non-hydrogen) atoms. The Labute approximate surface area is 195 Å². The van der Waals surface area contributed by atoms with Gasteiger partial charge in [-0.05, 0) is 27.7 Å². The fourth-order valence-corrected chi connectivity index (χ4v) is 5.33. The van der Waals surface area contributed by atoms with Gasteiger partial charge in [0, 0.05) is 5.92 Å². The maximum atomic E-state index is 13.1. The summed E-state index contributed by atoms with van der Waals surface area (Å²) in [6, 6.07) is -0.924. The number of carbonyl (C=O) groups excluding carboxylic acids is 1. The number of hydrogen-bond acceptors (Lipinski definition) is 12. The van der Waals surface area contributed by atoms with Crippen molar-refractivity contribution in [2.75, 3.05) is 25.6 Å². The SMILES string of the molecule is CCOc1nc(N)nc2c1ncn2C1OC2COP(=O)(NC(C)C(=O)OC(C)C)OCC2C1O. The van der Waals surface area contributed by atoms with Crippen LogP contribution in [-0.2, 0) is 27.9 Å². The van der Waals surface area contributed by atoms with Crippen molar-refractivity contribution in [2.24, 2.45) is 5.92 Å². The average molecular weight is 500 g/mol. The Morgan fingerprint density at radius 3 is 2.79 bits per heavy atom. The highest BCUT2D eigenvalue weighted by molar-refractivity contribution is 7.51. The van der Waals surface area contributed by atoms with Gasteiger partial charge in [0.1, 0.15) is 12.1 Å². The summed E-state index contributed by atoms with van der Waals surface area (Å²) in [6.45, 7) is 6.82. The van der Waals surface area contributed by atoms with Gasteiger partial charge in [0.15, 0.2) is 17.4 Å². The van der Waals surface area contributed by atoms with Crippen molar-refractivity contribution in [3.63, 3.8) is 0 Å². The average Bonchev–Trinajstić information content (AvgIpc) is 3.26. The van der Waals surface area contributed by atoms with E-state index < -0.39 is 44.1 Å². The van der Waals surface area contributed by atoms with Gasteiger partial charge < -0.3 is 25.1 Å². The molecule has 6 unspecified atom stereocenters. The normalized spacial score (nSPS) is 30.2. The Hall–Kier alpha value is -2.35. The first-order chi connectivity index (χ1) is 16.1. The zero-order valence-corrected chi connectivity index (χ0v) is 20.2. The van der Waals surface area contributed by atoms with Gasteiger partial charge in [-0.3, -0.25) is 18.4 Å². The van der Waals surface area contributed by atoms with Crippen molar-refractivity contribution in [3.8, 4) is 5.88 Å². The molecule has 0 aromatic carbocycles. The van der Waals surface area contributed by atoms with Gasteiger partial charge >= 0.3 is 13.7 Å². The third-order valence-electron chi connectivity index (χ3n) is 5.39. The largest absolute Gasteiger partial charge is 0.476 e. The fraction of sp³-hybridized carbons (Fsp3) is 0.684. The summed E-state index contributed by atoms with van der Waals surface area (Å²) in [5.41, 5.74) is 6.53. The smallest absolute Gasteiger partial charge is 0.406 e. The molecular formula is C19H29N6O8P. The predicted octanol–water partition coefficient (Wildman–Crippen LogP) is 0.766. The van der Waals surface area contributed by atoms with Crippen LogP contribution in [0, 0.1) is 5.92 Å². The number of nitrogens with two attached hydrogens (primary N) is 1. The summed E-state index contributed by atoms with van der Waals surface area (Å²) < 4.78 is 42.2. The van der Waals surface area contributed by atoms with E-state index in [4.69, 9.17) is 29.0 Å². The monoisotopic (exact) mass is 500 g/mol. The summed E-state index contributed by atoms with van der Waals surface area (Å²) in [6.07, 6.45) is -1.44. The Kier molecular flexibility index (Phi) is 7.08. The van der Waals surface area contributed by atoms with Crippen LogP contribution < -0.4 is 15.6 Å². The number of nitrogens with zero attached hydrogens (tertiary/aromatic N) is 4. The molecule has 15 heteroatoms. The second kappa shape index (κ2) is 9.72. The molecule has 2 aromatic heterocycles. The summed E-state index contributed by atoms with van der Waals surface area (Å²) in [7, 11) is -3.85. The van der Waals surface area contributed by atoms with Crippen LogP contribution in [-0.4, -0.2) is 74.8 Å². The summed E-state index contributed by atoms with van der Waals surface area (Å²) in [4.78, 5) is 24.6. The van der Waals surface area contributed by atoms with Gasteiger partial charge in [0.05, 0.1) is 38.4 Å². The Bertz CT molecular complexity index is 1100. The lowest BCUT2D eigenvalue weighted by atomic mass is 9.99. The maximum Gasteiger partial charge on any atom is 0.406 e. The number of nitrogen functional groups attached to an aromatic ring is 1. The lowest BCUT2D eigenvalue weighted by Crippen LogP contribution is -2.35. The van der Waals surface area contributed by atoms with Crippen molar-refractivity contribution >= 4 is 30.8 Å². The molecule has 2 aliphatic rings. The van der Waals surface area contributed by atoms with Crippen LogP contribution in [0.25, 0.3) is 11.2 Å². The van der Waals surface area contributed by atoms with Crippen LogP contribution in [0.2, 0.25) is 0 Å². The number of aromatic nitrogens is 4. The second-order valence-corrected chi connectivity index (χ2v) is 10.1. The summed E-state index contributed by atoms with van der Waals surface area (Å²) in [5.74, 6) is -0.932. The number of rotatable bonds is 7. The van der Waals surface area contributed by atoms with E-state index in [1.165, 1.54) is 17.8 Å². The van der Waals surface area contributed by atoms with Gasteiger partial charge in [-0.2, -0.15) is 9.97 Å². The van der Waals surface area contributed by atoms with Crippen LogP contribution in [0.3, 0.4) is 0 Å². The van der Waals surface area contributed by atoms with Crippen molar-refractivity contribution < 1.29 is 37.7 Å². The first-order valence-electron chi connectivity index (χ1n) is 11.0. The second-order valence-electron chi connectivity index (χ2n) is 8.29. The molecule has 6 atom stereocenters. The molecule has 14 nitrogen and oxygen atoms in total. The molecule has 4 rings (SSSR count). The van der Waals surface area contributed by atoms with Gasteiger partial charge in [-0.1, -0.05) is 0 Å². The molecule has 0 amide bonds. The highest BCUT2D eigenvalue weighted by Crippen LogP contribution is 2.50. The van der Waals surface area contributed by atoms with Crippen LogP contribution in [0.5, 0.6) is 5.88 Å². The van der Waals surface area contributed by atoms with Crippen molar-refractivity contribution in [3.05, 3.63) is 6.33 Å². The molecule has 0 aliphatic carbocycles. The van der Waals surface area contributed by atoms with Crippen molar-refractivity contribution in [2.45, 2.75) is 58.3 Å². The minimum absolute atomic E-state index is 0.0109. The first-order valence-corrected chi connectivity index (χ1v) is 12.5. The molecular weight excluding hydrogens is 471 g/mol. The zero-order valence-electron chi connectivity index (χ0n) is 19.3. The highest BCUT2D eigenvalue weighted by atomic mass is 31.2. The molecule has 0 saturated carbocycles. The number of anilines is 1. The first kappa shape index (κ1) is 24.8. The minimum atomic E-state index is -3.85. The van der Waals surface area contributed by atoms with Gasteiger partial charge in [-0.25, -0.2) is 14.6 Å². The van der Waals surface area contributed by atoms with E-state index in [0.29, 0.717) is 17.8 Å². The molecule has 188 valence electrons. The third-order valence-corrected chi connectivity index (χ3v) is 7.07. The van der Waals surface area contributed by atoms with Crippen LogP contribution in [0.4, 0.5) is 5.95 Å². The highest BCUT2D eigenvalue weighted by Gasteiger charge is 2.49. The quantitative estimate of drug-likeness (QED) is 0.358. The molecule has 4 heterocycles. The lowest BCUT2D eigenvalue weighted by Gasteiger charge is -2.23. The Morgan fingerprint density at radius 1 is 1.35 bits per heavy atom. The minimum Gasteiger partial charge on any atom is -0.476 e. The third kappa shape index (κ3) is 4.88. The molecule has 0 bridgehead atoms. The van der Waals surface area contributed by atoms with E-state index in [9.17, 15) is 14.5 Å². The van der Waals surface area contributed by atoms with E-state index in [0.717, 1.165) is 0 Å². The van der Waals surface area contributed by atoms with Gasteiger partial charge in [0.2, 0.25) is 11.8 Å². The van der Waals surface area contributed by atoms with E-state index in [2.05, 4.69) is 20.0 Å². The van der Waals surface area contributed by atoms with Crippen LogP contribution in [0.1, 0.15) is 33.9 Å². The van der Waals surface area contributed by atoms with E-state index in [1.54, 1.807) is 20.8 Å². The number of hydrogen-bond donors (Lipinski definition) is 3. The Balaban J connectivity index is 1.48. The number of fused-ring (bicyclic) bond motifs is 2. The molecule has 2 fully saturated rings. The Morgan fingerprint density at radius 2 is 2.09 bits per heavy atom. The maximum absolute atomic E-state index is 13.1. The number of imidazole rings is 1. The number of esters is 1. The zero-order chi connectivity index (χ0) is 24.6. The molecule has 2 aromatic rings. The van der Waals surface area contributed by atoms with Gasteiger partial charge in [-0.15, -0.1) is 0 Å². The molecule has 0 spiro atoms. The topological polar surface area (TPSA) is 182 Å². The molecule has 4 N–H and O–H groups in total. The lowest BCUT2D eigenvalue weighted by molar-refractivity contribution is -0.149. The van der Waals surface area contributed by atoms with E-state index in [1.807, 2.05) is 0 Å². The summed E-state index contributed by atoms with van der Waals surface area (Å²) in [5, 5.41) is 13.6. The van der Waals surface area contributed by atoms with E-state index >= 15 is 0 Å². The summed E-state index contributed by atoms with van der Waals surface area (Å²) >= 11 is 0. The standard InChI is InChI=1S/C19H29N6O8P/c1-5-29-16-13-15(22-19(20)23-16)25(8-21-13)17-14(26)11-6-30-34(28,31-7-12(11)33-17)24-10(4)18(27)32-9(2)3/h8-12,14,17,26H,5-7H2,1-4H3,(H,24,28)(H2,20,22,23). The number of ether oxygens (including phenoxy) is 3. The molecule has 0 radical (unpaired) electrons. The van der Waals surface area contributed by atoms with Gasteiger partial charge in [0.25, 0.3) is 0 Å². The predicted molar refractivity (Wildman–Crippen MR) is 118 cm³/mol. The van der Waals surface area contributed by atoms with Crippen LogP contribution >= 0.6 is 7.75 Å². The van der Waals surface area contributed by atoms with Crippen molar-refractivity contribution in [1.29, 1.82) is 0 Å². The number of nitrogens with one attached hydrogen (secondary N) is 1. The van der Waals surface area contributed by atoms with E-state index in [-0.39, 0.29) is 31.1 Å². The fourth-order valence-electron chi connectivity index (χ4n) is 3.81. The number of aliphatic hydroxyl groups is 1.